The van der Waals surface area contributed by atoms with Gasteiger partial charge in [0.15, 0.2) is 11.6 Å². The Bertz CT molecular complexity index is 404. The number of benzene rings is 1. The maximum absolute atomic E-state index is 13.0. The van der Waals surface area contributed by atoms with E-state index in [-0.39, 0.29) is 24.4 Å². The Balaban J connectivity index is 2.30. The SMILES string of the molecule is C[C@@H]1C(=O)OC[C@@H]1c1ccc(F)c(F)c1. The molecule has 1 aromatic carbocycles. The van der Waals surface area contributed by atoms with Crippen molar-refractivity contribution in [1.29, 1.82) is 0 Å². The van der Waals surface area contributed by atoms with Gasteiger partial charge in [0.1, 0.15) is 0 Å². The van der Waals surface area contributed by atoms with Crippen LogP contribution in [0.15, 0.2) is 18.2 Å². The molecule has 0 radical (unpaired) electrons. The van der Waals surface area contributed by atoms with Crippen LogP contribution in [0.2, 0.25) is 0 Å². The summed E-state index contributed by atoms with van der Waals surface area (Å²) in [4.78, 5) is 11.1. The van der Waals surface area contributed by atoms with E-state index < -0.39 is 11.6 Å². The standard InChI is InChI=1S/C11H10F2O2/c1-6-8(5-15-11(6)14)7-2-3-9(12)10(13)4-7/h2-4,6,8H,5H2,1H3/t6-,8-/m0/s1. The maximum Gasteiger partial charge on any atom is 0.309 e. The largest absolute Gasteiger partial charge is 0.465 e. The third kappa shape index (κ3) is 1.71. The lowest BCUT2D eigenvalue weighted by Crippen LogP contribution is -2.10. The Labute approximate surface area is 85.9 Å². The molecule has 1 aromatic rings. The minimum Gasteiger partial charge on any atom is -0.465 e. The number of carbonyl (C=O) groups is 1. The molecule has 0 aliphatic carbocycles. The predicted molar refractivity (Wildman–Crippen MR) is 49.2 cm³/mol. The molecule has 0 bridgehead atoms. The lowest BCUT2D eigenvalue weighted by Gasteiger charge is -2.11. The van der Waals surface area contributed by atoms with Crippen molar-refractivity contribution in [3.05, 3.63) is 35.4 Å². The first-order valence-electron chi connectivity index (χ1n) is 4.71. The van der Waals surface area contributed by atoms with Gasteiger partial charge in [0.2, 0.25) is 0 Å². The zero-order valence-corrected chi connectivity index (χ0v) is 8.17. The van der Waals surface area contributed by atoms with E-state index in [0.717, 1.165) is 12.1 Å². The molecule has 0 amide bonds. The van der Waals surface area contributed by atoms with E-state index >= 15 is 0 Å². The molecule has 2 rings (SSSR count). The first kappa shape index (κ1) is 10.1. The molecule has 0 unspecified atom stereocenters. The molecule has 4 heteroatoms. The van der Waals surface area contributed by atoms with E-state index in [1.165, 1.54) is 6.07 Å². The number of cyclic esters (lactones) is 1. The van der Waals surface area contributed by atoms with Crippen molar-refractivity contribution >= 4 is 5.97 Å². The quantitative estimate of drug-likeness (QED) is 0.667. The van der Waals surface area contributed by atoms with Gasteiger partial charge in [-0.1, -0.05) is 13.0 Å². The van der Waals surface area contributed by atoms with E-state index in [0.29, 0.717) is 5.56 Å². The van der Waals surface area contributed by atoms with E-state index in [1.54, 1.807) is 6.92 Å². The Morgan fingerprint density at radius 2 is 2.07 bits per heavy atom. The molecule has 2 nitrogen and oxygen atoms in total. The maximum atomic E-state index is 13.0. The first-order chi connectivity index (χ1) is 7.09. The summed E-state index contributed by atoms with van der Waals surface area (Å²) in [6.07, 6.45) is 0. The fourth-order valence-electron chi connectivity index (χ4n) is 1.74. The fraction of sp³-hybridized carbons (Fsp3) is 0.364. The van der Waals surface area contributed by atoms with Gasteiger partial charge in [-0.05, 0) is 17.7 Å². The normalized spacial score (nSPS) is 25.4. The second-order valence-electron chi connectivity index (χ2n) is 3.70. The predicted octanol–water partition coefficient (Wildman–Crippen LogP) is 2.24. The molecule has 15 heavy (non-hydrogen) atoms. The van der Waals surface area contributed by atoms with Crippen molar-refractivity contribution < 1.29 is 18.3 Å². The van der Waals surface area contributed by atoms with Crippen molar-refractivity contribution in [2.45, 2.75) is 12.8 Å². The third-order valence-corrected chi connectivity index (χ3v) is 2.75. The molecule has 1 heterocycles. The van der Waals surface area contributed by atoms with Crippen LogP contribution < -0.4 is 0 Å². The molecule has 1 aliphatic heterocycles. The topological polar surface area (TPSA) is 26.3 Å². The molecule has 0 saturated carbocycles. The number of halogens is 2. The van der Waals surface area contributed by atoms with Gasteiger partial charge in [0.05, 0.1) is 12.5 Å². The average Bonchev–Trinajstić information content (AvgIpc) is 2.53. The van der Waals surface area contributed by atoms with Crippen molar-refractivity contribution in [3.8, 4) is 0 Å². The van der Waals surface area contributed by atoms with Crippen LogP contribution in [-0.2, 0) is 9.53 Å². The zero-order valence-electron chi connectivity index (χ0n) is 8.17. The monoisotopic (exact) mass is 212 g/mol. The second-order valence-corrected chi connectivity index (χ2v) is 3.70. The van der Waals surface area contributed by atoms with Crippen LogP contribution in [0, 0.1) is 17.6 Å². The number of carbonyl (C=O) groups excluding carboxylic acids is 1. The Hall–Kier alpha value is -1.45. The van der Waals surface area contributed by atoms with Gasteiger partial charge in [0, 0.05) is 5.92 Å². The molecule has 1 aliphatic rings. The van der Waals surface area contributed by atoms with E-state index in [4.69, 9.17) is 4.74 Å². The van der Waals surface area contributed by atoms with Crippen molar-refractivity contribution in [2.24, 2.45) is 5.92 Å². The van der Waals surface area contributed by atoms with Crippen molar-refractivity contribution in [2.75, 3.05) is 6.61 Å². The Kier molecular flexibility index (Phi) is 2.42. The van der Waals surface area contributed by atoms with Gasteiger partial charge in [-0.3, -0.25) is 4.79 Å². The van der Waals surface area contributed by atoms with Crippen LogP contribution >= 0.6 is 0 Å². The summed E-state index contributed by atoms with van der Waals surface area (Å²) in [5, 5.41) is 0. The summed E-state index contributed by atoms with van der Waals surface area (Å²) in [5.74, 6) is -2.53. The van der Waals surface area contributed by atoms with Crippen LogP contribution in [0.25, 0.3) is 0 Å². The van der Waals surface area contributed by atoms with Crippen molar-refractivity contribution in [3.63, 3.8) is 0 Å². The van der Waals surface area contributed by atoms with Crippen LogP contribution in [0.1, 0.15) is 18.4 Å². The van der Waals surface area contributed by atoms with Gasteiger partial charge >= 0.3 is 5.97 Å². The van der Waals surface area contributed by atoms with Crippen LogP contribution in [0.5, 0.6) is 0 Å². The summed E-state index contributed by atoms with van der Waals surface area (Å²) in [6.45, 7) is 1.96. The summed E-state index contributed by atoms with van der Waals surface area (Å²) >= 11 is 0. The van der Waals surface area contributed by atoms with Gasteiger partial charge < -0.3 is 4.74 Å². The van der Waals surface area contributed by atoms with Crippen LogP contribution in [-0.4, -0.2) is 12.6 Å². The summed E-state index contributed by atoms with van der Waals surface area (Å²) in [7, 11) is 0. The van der Waals surface area contributed by atoms with Gasteiger partial charge in [-0.15, -0.1) is 0 Å². The number of ether oxygens (including phenoxy) is 1. The zero-order chi connectivity index (χ0) is 11.0. The molecular weight excluding hydrogens is 202 g/mol. The number of hydrogen-bond donors (Lipinski definition) is 0. The molecule has 0 spiro atoms. The third-order valence-electron chi connectivity index (χ3n) is 2.75. The smallest absolute Gasteiger partial charge is 0.309 e. The summed E-state index contributed by atoms with van der Waals surface area (Å²) in [6, 6.07) is 3.68. The number of hydrogen-bond acceptors (Lipinski definition) is 2. The highest BCUT2D eigenvalue weighted by molar-refractivity contribution is 5.75. The number of esters is 1. The fourth-order valence-corrected chi connectivity index (χ4v) is 1.74. The first-order valence-corrected chi connectivity index (χ1v) is 4.71. The average molecular weight is 212 g/mol. The second kappa shape index (κ2) is 3.61. The van der Waals surface area contributed by atoms with Gasteiger partial charge in [-0.25, -0.2) is 8.78 Å². The lowest BCUT2D eigenvalue weighted by molar-refractivity contribution is -0.140. The molecular formula is C11H10F2O2. The van der Waals surface area contributed by atoms with E-state index in [1.807, 2.05) is 0 Å². The van der Waals surface area contributed by atoms with Crippen LogP contribution in [0.4, 0.5) is 8.78 Å². The molecule has 1 fully saturated rings. The highest BCUT2D eigenvalue weighted by atomic mass is 19.2. The Morgan fingerprint density at radius 3 is 2.60 bits per heavy atom. The van der Waals surface area contributed by atoms with Gasteiger partial charge in [0.25, 0.3) is 0 Å². The highest BCUT2D eigenvalue weighted by Crippen LogP contribution is 2.31. The molecule has 80 valence electrons. The Morgan fingerprint density at radius 1 is 1.33 bits per heavy atom. The van der Waals surface area contributed by atoms with Crippen molar-refractivity contribution in [1.82, 2.24) is 0 Å². The molecule has 2 atom stereocenters. The molecule has 1 saturated heterocycles. The minimum absolute atomic E-state index is 0.174. The molecule has 0 aromatic heterocycles. The van der Waals surface area contributed by atoms with Gasteiger partial charge in [-0.2, -0.15) is 0 Å². The summed E-state index contributed by atoms with van der Waals surface area (Å²) in [5.41, 5.74) is 0.604. The summed E-state index contributed by atoms with van der Waals surface area (Å²) < 4.78 is 30.5. The lowest BCUT2D eigenvalue weighted by atomic mass is 9.90. The van der Waals surface area contributed by atoms with E-state index in [9.17, 15) is 13.6 Å². The number of rotatable bonds is 1. The highest BCUT2D eigenvalue weighted by Gasteiger charge is 2.34. The van der Waals surface area contributed by atoms with Crippen LogP contribution in [0.3, 0.4) is 0 Å². The van der Waals surface area contributed by atoms with E-state index in [2.05, 4.69) is 0 Å². The molecule has 0 N–H and O–H groups in total. The minimum atomic E-state index is -0.890.